The molecule has 1 aliphatic heterocycles. The van der Waals surface area contributed by atoms with Gasteiger partial charge in [-0.2, -0.15) is 0 Å². The molecule has 0 spiro atoms. The average Bonchev–Trinajstić information content (AvgIpc) is 2.86. The summed E-state index contributed by atoms with van der Waals surface area (Å²) in [7, 11) is 0. The van der Waals surface area contributed by atoms with Crippen molar-refractivity contribution in [1.29, 1.82) is 0 Å². The number of carbonyl (C=O) groups excluding carboxylic acids is 2. The topological polar surface area (TPSA) is 67.6 Å². The van der Waals surface area contributed by atoms with Crippen LogP contribution in [0.25, 0.3) is 10.8 Å². The molecular formula is C19H13NO4. The Morgan fingerprint density at radius 3 is 2.12 bits per heavy atom. The van der Waals surface area contributed by atoms with Crippen molar-refractivity contribution in [2.75, 3.05) is 0 Å². The van der Waals surface area contributed by atoms with Crippen molar-refractivity contribution in [2.24, 2.45) is 0 Å². The van der Waals surface area contributed by atoms with E-state index < -0.39 is 11.7 Å². The summed E-state index contributed by atoms with van der Waals surface area (Å²) in [6, 6.07) is 14.8. The zero-order valence-electron chi connectivity index (χ0n) is 12.9. The number of amides is 2. The molecule has 5 heteroatoms. The summed E-state index contributed by atoms with van der Waals surface area (Å²) in [4.78, 5) is 38.4. The molecule has 0 bridgehead atoms. The van der Waals surface area contributed by atoms with Crippen LogP contribution in [-0.4, -0.2) is 16.7 Å². The second-order valence-corrected chi connectivity index (χ2v) is 5.73. The molecule has 1 aromatic heterocycles. The van der Waals surface area contributed by atoms with E-state index in [9.17, 15) is 14.4 Å². The Bertz CT molecular complexity index is 1020. The fourth-order valence-corrected chi connectivity index (χ4v) is 3.05. The van der Waals surface area contributed by atoms with Crippen LogP contribution in [0.1, 0.15) is 39.4 Å². The Labute approximate surface area is 137 Å². The Morgan fingerprint density at radius 2 is 1.46 bits per heavy atom. The van der Waals surface area contributed by atoms with Gasteiger partial charge in [0.05, 0.1) is 22.6 Å². The Balaban J connectivity index is 1.80. The predicted molar refractivity (Wildman–Crippen MR) is 87.8 cm³/mol. The molecule has 1 atom stereocenters. The van der Waals surface area contributed by atoms with Crippen LogP contribution in [0.3, 0.4) is 0 Å². The van der Waals surface area contributed by atoms with Crippen molar-refractivity contribution in [3.05, 3.63) is 81.9 Å². The molecule has 4 rings (SSSR count). The van der Waals surface area contributed by atoms with Crippen molar-refractivity contribution in [1.82, 2.24) is 4.90 Å². The molecule has 2 heterocycles. The number of nitrogens with zero attached hydrogens (tertiary/aromatic N) is 1. The molecule has 0 aliphatic carbocycles. The van der Waals surface area contributed by atoms with Crippen LogP contribution in [0.2, 0.25) is 0 Å². The maximum absolute atomic E-state index is 12.6. The van der Waals surface area contributed by atoms with E-state index in [2.05, 4.69) is 0 Å². The van der Waals surface area contributed by atoms with E-state index in [1.165, 1.54) is 0 Å². The first-order valence-corrected chi connectivity index (χ1v) is 7.57. The normalized spacial score (nSPS) is 15.0. The van der Waals surface area contributed by atoms with E-state index in [4.69, 9.17) is 4.42 Å². The van der Waals surface area contributed by atoms with Crippen LogP contribution in [-0.2, 0) is 0 Å². The van der Waals surface area contributed by atoms with Crippen molar-refractivity contribution < 1.29 is 14.0 Å². The maximum atomic E-state index is 12.6. The molecule has 0 radical (unpaired) electrons. The third-order valence-corrected chi connectivity index (χ3v) is 4.31. The number of benzene rings is 2. The summed E-state index contributed by atoms with van der Waals surface area (Å²) in [5, 5.41) is 1.18. The fraction of sp³-hybridized carbons (Fsp3) is 0.105. The lowest BCUT2D eigenvalue weighted by Crippen LogP contribution is -2.33. The minimum atomic E-state index is -0.672. The van der Waals surface area contributed by atoms with Gasteiger partial charge in [0.1, 0.15) is 5.76 Å². The van der Waals surface area contributed by atoms with Crippen LogP contribution in [0.5, 0.6) is 0 Å². The highest BCUT2D eigenvalue weighted by Gasteiger charge is 2.39. The van der Waals surface area contributed by atoms with Gasteiger partial charge < -0.3 is 4.42 Å². The molecule has 0 saturated carbocycles. The molecule has 0 unspecified atom stereocenters. The summed E-state index contributed by atoms with van der Waals surface area (Å²) in [5.74, 6) is -0.467. The average molecular weight is 319 g/mol. The van der Waals surface area contributed by atoms with Gasteiger partial charge >= 0.3 is 5.63 Å². The van der Waals surface area contributed by atoms with Gasteiger partial charge in [-0.1, -0.05) is 30.3 Å². The van der Waals surface area contributed by atoms with E-state index in [0.29, 0.717) is 21.9 Å². The summed E-state index contributed by atoms with van der Waals surface area (Å²) in [6.45, 7) is 1.68. The second kappa shape index (κ2) is 5.16. The van der Waals surface area contributed by atoms with Gasteiger partial charge in [0.2, 0.25) is 0 Å². The molecular weight excluding hydrogens is 306 g/mol. The van der Waals surface area contributed by atoms with Crippen LogP contribution >= 0.6 is 0 Å². The molecule has 118 valence electrons. The van der Waals surface area contributed by atoms with Crippen molar-refractivity contribution in [3.8, 4) is 0 Å². The van der Waals surface area contributed by atoms with Crippen molar-refractivity contribution in [2.45, 2.75) is 13.0 Å². The Kier molecular flexibility index (Phi) is 3.09. The van der Waals surface area contributed by atoms with Crippen LogP contribution < -0.4 is 5.63 Å². The highest BCUT2D eigenvalue weighted by molar-refractivity contribution is 6.21. The first-order chi connectivity index (χ1) is 11.6. The van der Waals surface area contributed by atoms with E-state index in [-0.39, 0.29) is 17.6 Å². The van der Waals surface area contributed by atoms with E-state index in [1.807, 2.05) is 6.07 Å². The molecule has 0 saturated heterocycles. The quantitative estimate of drug-likeness (QED) is 0.681. The predicted octanol–water partition coefficient (Wildman–Crippen LogP) is 3.15. The first kappa shape index (κ1) is 14.4. The number of carbonyl (C=O) groups is 2. The largest absolute Gasteiger partial charge is 0.425 e. The molecule has 0 fully saturated rings. The monoisotopic (exact) mass is 319 g/mol. The second-order valence-electron chi connectivity index (χ2n) is 5.73. The van der Waals surface area contributed by atoms with E-state index in [0.717, 1.165) is 4.90 Å². The van der Waals surface area contributed by atoms with Gasteiger partial charge in [-0.15, -0.1) is 0 Å². The zero-order valence-corrected chi connectivity index (χ0v) is 12.9. The zero-order chi connectivity index (χ0) is 16.8. The standard InChI is InChI=1S/C19H13NO4/c1-11(16-10-12-6-2-3-7-13(12)19(23)24-16)20-17(21)14-8-4-5-9-15(14)18(20)22/h2-11H,1H3/t11-/m0/s1. The lowest BCUT2D eigenvalue weighted by atomic mass is 10.1. The number of imide groups is 1. The Hall–Kier alpha value is -3.21. The molecule has 2 amide bonds. The van der Waals surface area contributed by atoms with E-state index in [1.54, 1.807) is 55.5 Å². The molecule has 24 heavy (non-hydrogen) atoms. The number of fused-ring (bicyclic) bond motifs is 2. The minimum Gasteiger partial charge on any atom is -0.425 e. The van der Waals surface area contributed by atoms with Gasteiger partial charge in [0, 0.05) is 0 Å². The summed E-state index contributed by atoms with van der Waals surface area (Å²) < 4.78 is 5.36. The summed E-state index contributed by atoms with van der Waals surface area (Å²) >= 11 is 0. The minimum absolute atomic E-state index is 0.285. The molecule has 5 nitrogen and oxygen atoms in total. The highest BCUT2D eigenvalue weighted by Crippen LogP contribution is 2.31. The van der Waals surface area contributed by atoms with E-state index >= 15 is 0 Å². The number of hydrogen-bond donors (Lipinski definition) is 0. The van der Waals surface area contributed by atoms with Gasteiger partial charge in [0.25, 0.3) is 11.8 Å². The first-order valence-electron chi connectivity index (χ1n) is 7.57. The van der Waals surface area contributed by atoms with Crippen molar-refractivity contribution >= 4 is 22.6 Å². The SMILES string of the molecule is C[C@@H](c1cc2ccccc2c(=O)o1)N1C(=O)c2ccccc2C1=O. The maximum Gasteiger partial charge on any atom is 0.343 e. The number of hydrogen-bond acceptors (Lipinski definition) is 4. The van der Waals surface area contributed by atoms with Crippen LogP contribution in [0.4, 0.5) is 0 Å². The highest BCUT2D eigenvalue weighted by atomic mass is 16.4. The van der Waals surface area contributed by atoms with Crippen LogP contribution in [0, 0.1) is 0 Å². The van der Waals surface area contributed by atoms with Gasteiger partial charge in [0.15, 0.2) is 0 Å². The smallest absolute Gasteiger partial charge is 0.343 e. The number of rotatable bonds is 2. The van der Waals surface area contributed by atoms with Gasteiger partial charge in [-0.25, -0.2) is 4.79 Å². The molecule has 0 N–H and O–H groups in total. The molecule has 1 aliphatic rings. The van der Waals surface area contributed by atoms with Gasteiger partial charge in [-0.05, 0) is 36.6 Å². The summed E-state index contributed by atoms with van der Waals surface area (Å²) in [6.07, 6.45) is 0. The van der Waals surface area contributed by atoms with Crippen molar-refractivity contribution in [3.63, 3.8) is 0 Å². The molecule has 2 aromatic carbocycles. The van der Waals surface area contributed by atoms with Crippen LogP contribution in [0.15, 0.2) is 63.8 Å². The lowest BCUT2D eigenvalue weighted by Gasteiger charge is -2.21. The molecule has 3 aromatic rings. The third kappa shape index (κ3) is 1.98. The lowest BCUT2D eigenvalue weighted by molar-refractivity contribution is 0.0576. The third-order valence-electron chi connectivity index (χ3n) is 4.31. The fourth-order valence-electron chi connectivity index (χ4n) is 3.05. The van der Waals surface area contributed by atoms with Gasteiger partial charge in [-0.3, -0.25) is 14.5 Å². The summed E-state index contributed by atoms with van der Waals surface area (Å²) in [5.41, 5.74) is 0.265. The Morgan fingerprint density at radius 1 is 0.875 bits per heavy atom.